The highest BCUT2D eigenvalue weighted by atomic mass is 32.2. The van der Waals surface area contributed by atoms with Crippen molar-refractivity contribution >= 4 is 35.0 Å². The van der Waals surface area contributed by atoms with Gasteiger partial charge in [-0.2, -0.15) is 0 Å². The van der Waals surface area contributed by atoms with Gasteiger partial charge in [0.2, 0.25) is 17.0 Å². The molecule has 1 atom stereocenters. The number of ether oxygens (including phenoxy) is 1. The number of thioether (sulfide) groups is 1. The standard InChI is InChI=1S/C21H22N6O3S/c1-14-11-19(28)22-17-5-3-4-6-18(17)27(14)20(29)13-31-21-23-24-25-26(21)12-15-7-9-16(30-2)10-8-15/h3-10,14H,11-13H2,1-2H3,(H,22,28)/t14-/m0/s1. The summed E-state index contributed by atoms with van der Waals surface area (Å²) in [4.78, 5) is 27.0. The molecule has 160 valence electrons. The molecule has 2 aromatic carbocycles. The lowest BCUT2D eigenvalue weighted by Crippen LogP contribution is -2.40. The smallest absolute Gasteiger partial charge is 0.237 e. The van der Waals surface area contributed by atoms with Gasteiger partial charge >= 0.3 is 0 Å². The molecular formula is C21H22N6O3S. The second-order valence-electron chi connectivity index (χ2n) is 7.14. The minimum atomic E-state index is -0.257. The Labute approximate surface area is 183 Å². The molecule has 0 saturated carbocycles. The van der Waals surface area contributed by atoms with Gasteiger partial charge in [0.05, 0.1) is 30.8 Å². The van der Waals surface area contributed by atoms with Crippen LogP contribution in [-0.2, 0) is 16.1 Å². The van der Waals surface area contributed by atoms with Gasteiger partial charge in [0, 0.05) is 12.5 Å². The second kappa shape index (κ2) is 9.17. The van der Waals surface area contributed by atoms with E-state index in [1.807, 2.05) is 49.4 Å². The highest BCUT2D eigenvalue weighted by Crippen LogP contribution is 2.32. The summed E-state index contributed by atoms with van der Waals surface area (Å²) in [5.41, 5.74) is 2.35. The first-order chi connectivity index (χ1) is 15.0. The van der Waals surface area contributed by atoms with Crippen molar-refractivity contribution in [3.63, 3.8) is 0 Å². The number of aromatic nitrogens is 4. The molecule has 0 fully saturated rings. The third kappa shape index (κ3) is 4.69. The molecule has 1 aromatic heterocycles. The van der Waals surface area contributed by atoms with Crippen LogP contribution in [0.15, 0.2) is 53.7 Å². The van der Waals surface area contributed by atoms with Gasteiger partial charge in [-0.1, -0.05) is 36.0 Å². The van der Waals surface area contributed by atoms with Crippen molar-refractivity contribution in [1.82, 2.24) is 20.2 Å². The minimum absolute atomic E-state index is 0.105. The molecule has 2 amide bonds. The van der Waals surface area contributed by atoms with Gasteiger partial charge in [0.1, 0.15) is 5.75 Å². The Hall–Kier alpha value is -3.40. The van der Waals surface area contributed by atoms with Gasteiger partial charge < -0.3 is 15.0 Å². The van der Waals surface area contributed by atoms with Crippen molar-refractivity contribution in [3.05, 3.63) is 54.1 Å². The zero-order valence-corrected chi connectivity index (χ0v) is 18.0. The van der Waals surface area contributed by atoms with Crippen LogP contribution >= 0.6 is 11.8 Å². The molecule has 1 aliphatic rings. The SMILES string of the molecule is COc1ccc(Cn2nnnc2SCC(=O)N2c3ccccc3NC(=O)C[C@@H]2C)cc1. The van der Waals surface area contributed by atoms with Crippen LogP contribution < -0.4 is 15.0 Å². The van der Waals surface area contributed by atoms with E-state index >= 15 is 0 Å². The number of nitrogens with zero attached hydrogens (tertiary/aromatic N) is 5. The maximum Gasteiger partial charge on any atom is 0.237 e. The van der Waals surface area contributed by atoms with Gasteiger partial charge in [0.25, 0.3) is 0 Å². The van der Waals surface area contributed by atoms with E-state index in [1.165, 1.54) is 11.8 Å². The number of amides is 2. The van der Waals surface area contributed by atoms with Gasteiger partial charge in [0.15, 0.2) is 0 Å². The quantitative estimate of drug-likeness (QED) is 0.590. The summed E-state index contributed by atoms with van der Waals surface area (Å²) in [7, 11) is 1.62. The molecule has 0 bridgehead atoms. The number of nitrogens with one attached hydrogen (secondary N) is 1. The molecule has 3 aromatic rings. The average molecular weight is 439 g/mol. The fraction of sp³-hybridized carbons (Fsp3) is 0.286. The Balaban J connectivity index is 1.47. The predicted molar refractivity (Wildman–Crippen MR) is 117 cm³/mol. The van der Waals surface area contributed by atoms with Crippen molar-refractivity contribution in [1.29, 1.82) is 0 Å². The molecule has 1 N–H and O–H groups in total. The monoisotopic (exact) mass is 438 g/mol. The molecule has 0 aliphatic carbocycles. The number of anilines is 2. The van der Waals surface area contributed by atoms with Crippen molar-refractivity contribution in [2.24, 2.45) is 0 Å². The molecule has 2 heterocycles. The van der Waals surface area contributed by atoms with Crippen LogP contribution in [0.3, 0.4) is 0 Å². The van der Waals surface area contributed by atoms with Crippen LogP contribution in [0.1, 0.15) is 18.9 Å². The van der Waals surface area contributed by atoms with Crippen LogP contribution in [-0.4, -0.2) is 50.9 Å². The summed E-state index contributed by atoms with van der Waals surface area (Å²) in [5.74, 6) is 0.711. The topological polar surface area (TPSA) is 102 Å². The van der Waals surface area contributed by atoms with E-state index in [0.29, 0.717) is 23.1 Å². The number of para-hydroxylation sites is 2. The number of methoxy groups -OCH3 is 1. The molecule has 9 nitrogen and oxygen atoms in total. The molecule has 31 heavy (non-hydrogen) atoms. The Morgan fingerprint density at radius 2 is 2.00 bits per heavy atom. The first-order valence-electron chi connectivity index (χ1n) is 9.78. The highest BCUT2D eigenvalue weighted by Gasteiger charge is 2.29. The first kappa shape index (κ1) is 20.9. The van der Waals surface area contributed by atoms with Crippen molar-refractivity contribution in [3.8, 4) is 5.75 Å². The molecule has 0 saturated heterocycles. The molecule has 0 radical (unpaired) electrons. The van der Waals surface area contributed by atoms with Crippen LogP contribution in [0.25, 0.3) is 0 Å². The van der Waals surface area contributed by atoms with Crippen molar-refractivity contribution in [2.75, 3.05) is 23.1 Å². The van der Waals surface area contributed by atoms with Gasteiger partial charge in [-0.15, -0.1) is 5.10 Å². The third-order valence-corrected chi connectivity index (χ3v) is 5.89. The Kier molecular flexibility index (Phi) is 6.17. The second-order valence-corrected chi connectivity index (χ2v) is 8.08. The number of hydrogen-bond acceptors (Lipinski definition) is 7. The van der Waals surface area contributed by atoms with E-state index in [9.17, 15) is 9.59 Å². The highest BCUT2D eigenvalue weighted by molar-refractivity contribution is 7.99. The van der Waals surface area contributed by atoms with Crippen LogP contribution in [0, 0.1) is 0 Å². The first-order valence-corrected chi connectivity index (χ1v) is 10.8. The van der Waals surface area contributed by atoms with Gasteiger partial charge in [-0.25, -0.2) is 4.68 Å². The van der Waals surface area contributed by atoms with E-state index < -0.39 is 0 Å². The van der Waals surface area contributed by atoms with E-state index in [2.05, 4.69) is 20.8 Å². The van der Waals surface area contributed by atoms with Crippen LogP contribution in [0.4, 0.5) is 11.4 Å². The number of rotatable bonds is 6. The lowest BCUT2D eigenvalue weighted by molar-refractivity contribution is -0.117. The fourth-order valence-corrected chi connectivity index (χ4v) is 4.20. The number of hydrogen-bond donors (Lipinski definition) is 1. The molecule has 0 unspecified atom stereocenters. The fourth-order valence-electron chi connectivity index (χ4n) is 3.47. The summed E-state index contributed by atoms with van der Waals surface area (Å²) in [6.45, 7) is 2.35. The van der Waals surface area contributed by atoms with Crippen molar-refractivity contribution in [2.45, 2.75) is 31.1 Å². The average Bonchev–Trinajstić information content (AvgIpc) is 3.15. The van der Waals surface area contributed by atoms with Crippen LogP contribution in [0.5, 0.6) is 5.75 Å². The van der Waals surface area contributed by atoms with Gasteiger partial charge in [-0.3, -0.25) is 9.59 Å². The van der Waals surface area contributed by atoms with E-state index in [1.54, 1.807) is 22.8 Å². The Bertz CT molecular complexity index is 1080. The zero-order valence-electron chi connectivity index (χ0n) is 17.2. The summed E-state index contributed by atoms with van der Waals surface area (Å²) >= 11 is 1.27. The number of carbonyl (C=O) groups is 2. The summed E-state index contributed by atoms with van der Waals surface area (Å²) < 4.78 is 6.84. The molecule has 10 heteroatoms. The number of benzene rings is 2. The summed E-state index contributed by atoms with van der Waals surface area (Å²) in [6, 6.07) is 14.7. The maximum atomic E-state index is 13.1. The number of carbonyl (C=O) groups excluding carboxylic acids is 2. The normalized spacial score (nSPS) is 15.7. The molecule has 1 aliphatic heterocycles. The Morgan fingerprint density at radius 1 is 1.23 bits per heavy atom. The maximum absolute atomic E-state index is 13.1. The lowest BCUT2D eigenvalue weighted by Gasteiger charge is -2.27. The minimum Gasteiger partial charge on any atom is -0.497 e. The predicted octanol–water partition coefficient (Wildman–Crippen LogP) is 2.59. The summed E-state index contributed by atoms with van der Waals surface area (Å²) in [6.07, 6.45) is 0.236. The lowest BCUT2D eigenvalue weighted by atomic mass is 10.2. The largest absolute Gasteiger partial charge is 0.497 e. The van der Waals surface area contributed by atoms with Crippen molar-refractivity contribution < 1.29 is 14.3 Å². The van der Waals surface area contributed by atoms with E-state index in [4.69, 9.17) is 4.74 Å². The molecule has 0 spiro atoms. The zero-order chi connectivity index (χ0) is 21.8. The van der Waals surface area contributed by atoms with E-state index in [-0.39, 0.29) is 30.0 Å². The third-order valence-electron chi connectivity index (χ3n) is 4.94. The van der Waals surface area contributed by atoms with Gasteiger partial charge in [-0.05, 0) is 47.2 Å². The van der Waals surface area contributed by atoms with Crippen LogP contribution in [0.2, 0.25) is 0 Å². The molecule has 4 rings (SSSR count). The van der Waals surface area contributed by atoms with E-state index in [0.717, 1.165) is 11.3 Å². The summed E-state index contributed by atoms with van der Waals surface area (Å²) in [5, 5.41) is 15.3. The number of fused-ring (bicyclic) bond motifs is 1. The number of tetrazole rings is 1. The molecular weight excluding hydrogens is 416 g/mol. The Morgan fingerprint density at radius 3 is 2.77 bits per heavy atom.